The van der Waals surface area contributed by atoms with Crippen LogP contribution in [0.1, 0.15) is 0 Å². The van der Waals surface area contributed by atoms with Gasteiger partial charge in [0.15, 0.2) is 17.2 Å². The first-order valence-electron chi connectivity index (χ1n) is 12.7. The highest BCUT2D eigenvalue weighted by molar-refractivity contribution is 14.1. The number of halogens is 12. The zero-order valence-corrected chi connectivity index (χ0v) is 32.8. The minimum absolute atomic E-state index is 0.0891. The van der Waals surface area contributed by atoms with Gasteiger partial charge >= 0.3 is 46.9 Å². The van der Waals surface area contributed by atoms with Gasteiger partial charge in [0.2, 0.25) is 0 Å². The van der Waals surface area contributed by atoms with E-state index in [1.165, 1.54) is 122 Å². The molecule has 0 amide bonds. The Kier molecular flexibility index (Phi) is 11.8. The van der Waals surface area contributed by atoms with E-state index in [-0.39, 0.29) is 44.1 Å². The van der Waals surface area contributed by atoms with Crippen LogP contribution in [0, 0.1) is 10.7 Å². The summed E-state index contributed by atoms with van der Waals surface area (Å²) < 4.78 is 198. The van der Waals surface area contributed by atoms with Crippen molar-refractivity contribution in [3.05, 3.63) is 83.5 Å². The number of alkyl halides is 9. The molecule has 0 radical (unpaired) electrons. The molecule has 0 saturated heterocycles. The predicted molar refractivity (Wildman–Crippen MR) is 188 cm³/mol. The molecule has 0 N–H and O–H groups in total. The Morgan fingerprint density at radius 2 is 0.588 bits per heavy atom. The van der Waals surface area contributed by atoms with Crippen molar-refractivity contribution >= 4 is 98.1 Å². The highest BCUT2D eigenvalue weighted by Gasteiger charge is 2.50. The van der Waals surface area contributed by atoms with Crippen LogP contribution in [0.2, 0.25) is 0 Å². The molecule has 0 atom stereocenters. The van der Waals surface area contributed by atoms with Crippen LogP contribution >= 0.6 is 67.8 Å². The van der Waals surface area contributed by atoms with Gasteiger partial charge in [-0.25, -0.2) is 0 Å². The van der Waals surface area contributed by atoms with Crippen LogP contribution in [0.5, 0.6) is 17.2 Å². The molecular weight excluding hydrogens is 1120 g/mol. The average molecular weight is 1130 g/mol. The molecule has 0 aliphatic carbocycles. The Morgan fingerprint density at radius 3 is 0.765 bits per heavy atom. The summed E-state index contributed by atoms with van der Waals surface area (Å²) in [7, 11) is -18.1. The fourth-order valence-electron chi connectivity index (χ4n) is 3.87. The molecule has 0 aromatic heterocycles. The van der Waals surface area contributed by atoms with E-state index in [9.17, 15) is 64.8 Å². The minimum Gasteiger partial charge on any atom is -0.375 e. The molecule has 0 aliphatic heterocycles. The van der Waals surface area contributed by atoms with Gasteiger partial charge in [-0.3, -0.25) is 0 Å². The summed E-state index contributed by atoms with van der Waals surface area (Å²) >= 11 is 4.57. The van der Waals surface area contributed by atoms with E-state index in [0.717, 1.165) is 18.2 Å². The summed E-state index contributed by atoms with van der Waals surface area (Å²) in [6, 6.07) is 14.7. The van der Waals surface area contributed by atoms with Gasteiger partial charge in [-0.05, 0) is 156 Å². The summed E-state index contributed by atoms with van der Waals surface area (Å²) in [4.78, 5) is 0. The molecule has 51 heavy (non-hydrogen) atoms. The fourth-order valence-corrected chi connectivity index (χ4v) is 7.62. The van der Waals surface area contributed by atoms with Crippen molar-refractivity contribution in [2.24, 2.45) is 0 Å². The second-order valence-electron chi connectivity index (χ2n) is 9.68. The van der Waals surface area contributed by atoms with Crippen LogP contribution in [0.3, 0.4) is 0 Å². The van der Waals surface area contributed by atoms with Gasteiger partial charge in [-0.1, -0.05) is 18.2 Å². The first kappa shape index (κ1) is 41.4. The Morgan fingerprint density at radius 1 is 0.373 bits per heavy atom. The maximum Gasteiger partial charge on any atom is 0.534 e. The lowest BCUT2D eigenvalue weighted by molar-refractivity contribution is -0.0505. The molecule has 0 saturated carbocycles. The van der Waals surface area contributed by atoms with Crippen LogP contribution in [0.15, 0.2) is 72.8 Å². The smallest absolute Gasteiger partial charge is 0.375 e. The number of rotatable bonds is 9. The number of hydrogen-bond donors (Lipinski definition) is 0. The Hall–Kier alpha value is -2.31. The normalized spacial score (nSPS) is 13.2. The van der Waals surface area contributed by atoms with E-state index in [1.807, 2.05) is 0 Å². The summed E-state index contributed by atoms with van der Waals surface area (Å²) in [6.45, 7) is 0. The molecular formula is C27H12F9I3O9S3. The molecule has 0 spiro atoms. The molecule has 0 bridgehead atoms. The van der Waals surface area contributed by atoms with Crippen molar-refractivity contribution in [1.82, 2.24) is 0 Å². The highest BCUT2D eigenvalue weighted by Crippen LogP contribution is 2.40. The maximum atomic E-state index is 12.9. The SMILES string of the molecule is O=S(=O)(Oc1ccc(-c2cc(-c3ccc(OS(=O)(=O)C(F)(F)F)c(I)c3)cc(-c3ccc(OS(=O)(=O)C(F)(F)F)c(I)c3)c2)cc1I)C(F)(F)F. The molecule has 24 heteroatoms. The van der Waals surface area contributed by atoms with E-state index in [4.69, 9.17) is 0 Å². The van der Waals surface area contributed by atoms with Crippen molar-refractivity contribution in [2.45, 2.75) is 16.5 Å². The lowest BCUT2D eigenvalue weighted by atomic mass is 9.93. The summed E-state index contributed by atoms with van der Waals surface area (Å²) in [5, 5.41) is 0. The van der Waals surface area contributed by atoms with Crippen molar-refractivity contribution in [3.8, 4) is 50.6 Å². The molecule has 0 fully saturated rings. The van der Waals surface area contributed by atoms with Crippen LogP contribution in [0.4, 0.5) is 39.5 Å². The lowest BCUT2D eigenvalue weighted by Gasteiger charge is -2.15. The monoisotopic (exact) mass is 1130 g/mol. The first-order chi connectivity index (χ1) is 23.1. The van der Waals surface area contributed by atoms with Crippen molar-refractivity contribution in [1.29, 1.82) is 0 Å². The second-order valence-corrected chi connectivity index (χ2v) is 17.8. The zero-order valence-electron chi connectivity index (χ0n) is 23.9. The molecule has 9 nitrogen and oxygen atoms in total. The van der Waals surface area contributed by atoms with Gasteiger partial charge in [0.05, 0.1) is 10.7 Å². The van der Waals surface area contributed by atoms with Gasteiger partial charge in [-0.2, -0.15) is 64.8 Å². The van der Waals surface area contributed by atoms with Gasteiger partial charge in [0.25, 0.3) is 0 Å². The summed E-state index contributed by atoms with van der Waals surface area (Å²) in [5.41, 5.74) is -15.5. The fraction of sp³-hybridized carbons (Fsp3) is 0.111. The highest BCUT2D eigenvalue weighted by atomic mass is 127. The Balaban J connectivity index is 1.85. The van der Waals surface area contributed by atoms with Crippen molar-refractivity contribution < 1.29 is 77.3 Å². The molecule has 4 aromatic carbocycles. The van der Waals surface area contributed by atoms with E-state index in [1.54, 1.807) is 0 Å². The number of hydrogen-bond acceptors (Lipinski definition) is 9. The van der Waals surface area contributed by atoms with E-state index >= 15 is 0 Å². The summed E-state index contributed by atoms with van der Waals surface area (Å²) in [5.74, 6) is -1.98. The van der Waals surface area contributed by atoms with Gasteiger partial charge in [-0.15, -0.1) is 0 Å². The Bertz CT molecular complexity index is 2070. The largest absolute Gasteiger partial charge is 0.534 e. The molecule has 276 valence electrons. The minimum atomic E-state index is -6.02. The zero-order chi connectivity index (χ0) is 38.5. The van der Waals surface area contributed by atoms with Crippen molar-refractivity contribution in [2.75, 3.05) is 0 Å². The average Bonchev–Trinajstić information content (AvgIpc) is 2.98. The van der Waals surface area contributed by atoms with Crippen LogP contribution in [-0.4, -0.2) is 41.8 Å². The van der Waals surface area contributed by atoms with Crippen LogP contribution < -0.4 is 12.5 Å². The third-order valence-electron chi connectivity index (χ3n) is 6.18. The third-order valence-corrected chi connectivity index (χ3v) is 11.6. The predicted octanol–water partition coefficient (Wildman–Crippen LogP) is 9.19. The van der Waals surface area contributed by atoms with Gasteiger partial charge in [0, 0.05) is 0 Å². The topological polar surface area (TPSA) is 130 Å². The maximum absolute atomic E-state index is 12.9. The lowest BCUT2D eigenvalue weighted by Crippen LogP contribution is -2.28. The Labute approximate surface area is 323 Å². The van der Waals surface area contributed by atoms with Crippen LogP contribution in [-0.2, 0) is 30.4 Å². The van der Waals surface area contributed by atoms with E-state index < -0.39 is 64.1 Å². The molecule has 0 unspecified atom stereocenters. The van der Waals surface area contributed by atoms with Gasteiger partial charge < -0.3 is 12.5 Å². The number of benzene rings is 4. The quantitative estimate of drug-likeness (QED) is 0.0698. The van der Waals surface area contributed by atoms with E-state index in [0.29, 0.717) is 0 Å². The molecule has 4 aromatic rings. The van der Waals surface area contributed by atoms with Crippen LogP contribution in [0.25, 0.3) is 33.4 Å². The van der Waals surface area contributed by atoms with E-state index in [2.05, 4.69) is 12.5 Å². The first-order valence-corrected chi connectivity index (χ1v) is 20.1. The van der Waals surface area contributed by atoms with Gasteiger partial charge in [0.1, 0.15) is 0 Å². The molecule has 4 rings (SSSR count). The third kappa shape index (κ3) is 9.44. The summed E-state index contributed by atoms with van der Waals surface area (Å²) in [6.07, 6.45) is 0. The molecule has 0 heterocycles. The second kappa shape index (κ2) is 14.5. The molecule has 0 aliphatic rings. The van der Waals surface area contributed by atoms with Crippen molar-refractivity contribution in [3.63, 3.8) is 0 Å². The standard InChI is InChI=1S/C27H12F9I3O9S3/c28-25(29,30)49(40,41)46-22-4-1-13(10-19(22)37)16-7-17(14-2-5-23(20(38)11-14)47-50(42,43)26(31,32)33)9-18(8-16)15-3-6-24(21(39)12-15)48-51(44,45)27(34,35)36/h1-12H.